The number of nitrogens with two attached hydrogens (primary N) is 1. The van der Waals surface area contributed by atoms with Gasteiger partial charge in [-0.25, -0.2) is 9.37 Å². The second-order valence-electron chi connectivity index (χ2n) is 11.3. The van der Waals surface area contributed by atoms with Gasteiger partial charge in [-0.2, -0.15) is 15.2 Å². The molecule has 0 bridgehead atoms. The van der Waals surface area contributed by atoms with Crippen LogP contribution < -0.4 is 25.4 Å². The van der Waals surface area contributed by atoms with Gasteiger partial charge in [0.2, 0.25) is 0 Å². The van der Waals surface area contributed by atoms with Crippen molar-refractivity contribution in [1.29, 1.82) is 5.26 Å². The van der Waals surface area contributed by atoms with Crippen molar-refractivity contribution in [2.24, 2.45) is 0 Å². The third kappa shape index (κ3) is 4.85. The van der Waals surface area contributed by atoms with Gasteiger partial charge in [-0.15, -0.1) is 0 Å². The van der Waals surface area contributed by atoms with E-state index in [0.717, 1.165) is 90.3 Å². The van der Waals surface area contributed by atoms with Crippen molar-refractivity contribution < 1.29 is 13.9 Å². The molecular formula is C30H33FN8O2S. The number of benzene rings is 2. The lowest BCUT2D eigenvalue weighted by molar-refractivity contribution is 0.188. The van der Waals surface area contributed by atoms with E-state index in [2.05, 4.69) is 33.2 Å². The van der Waals surface area contributed by atoms with Crippen LogP contribution >= 0.6 is 11.3 Å². The molecule has 0 spiro atoms. The number of nitrogens with zero attached hydrogens (tertiary/aromatic N) is 6. The predicted octanol–water partition coefficient (Wildman–Crippen LogP) is 4.12. The molecule has 2 atom stereocenters. The van der Waals surface area contributed by atoms with Crippen molar-refractivity contribution in [3.8, 4) is 29.0 Å². The third-order valence-corrected chi connectivity index (χ3v) is 9.49. The monoisotopic (exact) mass is 588 g/mol. The third-order valence-electron chi connectivity index (χ3n) is 8.59. The van der Waals surface area contributed by atoms with Crippen LogP contribution in [-0.2, 0) is 6.42 Å². The highest BCUT2D eigenvalue weighted by molar-refractivity contribution is 7.22. The molecule has 2 aromatic carbocycles. The maximum Gasteiger partial charge on any atom is 0.319 e. The van der Waals surface area contributed by atoms with Crippen molar-refractivity contribution in [2.75, 3.05) is 57.1 Å². The van der Waals surface area contributed by atoms with E-state index in [1.807, 2.05) is 6.07 Å². The van der Waals surface area contributed by atoms with Crippen LogP contribution in [0.5, 0.6) is 11.8 Å². The number of likely N-dealkylation sites (tertiary alicyclic amines) is 1. The number of aromatic nitrogens is 3. The van der Waals surface area contributed by atoms with Crippen LogP contribution in [0, 0.1) is 17.1 Å². The second-order valence-corrected chi connectivity index (χ2v) is 12.3. The average Bonchev–Trinajstić information content (AvgIpc) is 3.61. The molecule has 2 aromatic heterocycles. The van der Waals surface area contributed by atoms with Crippen molar-refractivity contribution >= 4 is 43.4 Å². The number of thiazole rings is 1. The van der Waals surface area contributed by atoms with E-state index < -0.39 is 0 Å². The van der Waals surface area contributed by atoms with Crippen LogP contribution in [0.15, 0.2) is 18.2 Å². The minimum Gasteiger partial charge on any atom is -0.492 e. The molecule has 7 rings (SSSR count). The summed E-state index contributed by atoms with van der Waals surface area (Å²) in [7, 11) is 2.12. The van der Waals surface area contributed by atoms with Crippen molar-refractivity contribution in [1.82, 2.24) is 25.2 Å². The standard InChI is InChI=1S/C30H33FN8O2S/c1-38-11-2-4-18(38)16-41-30-35-23-14-21(19-6-7-22(31)27-25(19)36-29(33)42-27)20-5-3-13-40-26(20)24(23)28(37-30)39-12-10-34-17(15-39)8-9-32/h6-7,14,17-18,34H,2-5,8,10-13,15-16H2,1H3,(H2,33,36)/t17-,18-/m0/s1. The van der Waals surface area contributed by atoms with E-state index in [4.69, 9.17) is 25.2 Å². The lowest BCUT2D eigenvalue weighted by atomic mass is 9.91. The summed E-state index contributed by atoms with van der Waals surface area (Å²) in [4.78, 5) is 18.9. The van der Waals surface area contributed by atoms with Gasteiger partial charge in [0.15, 0.2) is 5.13 Å². The Kier molecular flexibility index (Phi) is 7.17. The van der Waals surface area contributed by atoms with Gasteiger partial charge in [-0.1, -0.05) is 11.3 Å². The minimum atomic E-state index is -0.336. The summed E-state index contributed by atoms with van der Waals surface area (Å²) < 4.78 is 27.9. The topological polar surface area (TPSA) is 125 Å². The number of halogens is 1. The highest BCUT2D eigenvalue weighted by Gasteiger charge is 2.30. The Bertz CT molecular complexity index is 1700. The maximum atomic E-state index is 14.7. The Balaban J connectivity index is 1.41. The highest BCUT2D eigenvalue weighted by Crippen LogP contribution is 2.46. The van der Waals surface area contributed by atoms with Crippen LogP contribution in [-0.4, -0.2) is 78.4 Å². The molecule has 2 saturated heterocycles. The molecule has 5 heterocycles. The first-order chi connectivity index (χ1) is 20.5. The Hall–Kier alpha value is -3.79. The van der Waals surface area contributed by atoms with Gasteiger partial charge in [0.05, 0.1) is 40.2 Å². The van der Waals surface area contributed by atoms with Gasteiger partial charge >= 0.3 is 6.01 Å². The van der Waals surface area contributed by atoms with E-state index in [9.17, 15) is 9.65 Å². The first-order valence-corrected chi connectivity index (χ1v) is 15.4. The number of hydrogen-bond donors (Lipinski definition) is 2. The Morgan fingerprint density at radius 1 is 1.24 bits per heavy atom. The number of fused-ring (bicyclic) bond motifs is 4. The van der Waals surface area contributed by atoms with E-state index in [-0.39, 0.29) is 11.9 Å². The predicted molar refractivity (Wildman–Crippen MR) is 162 cm³/mol. The number of piperazine rings is 1. The van der Waals surface area contributed by atoms with Crippen LogP contribution in [0.4, 0.5) is 15.3 Å². The lowest BCUT2D eigenvalue weighted by Gasteiger charge is -2.35. The molecule has 0 radical (unpaired) electrons. The van der Waals surface area contributed by atoms with E-state index >= 15 is 0 Å². The number of anilines is 2. The molecule has 2 fully saturated rings. The number of nitriles is 1. The SMILES string of the molecule is CN1CCC[C@H]1COc1nc(N2CCN[C@@H](CC#N)C2)c2c3c(c(-c4ccc(F)c5sc(N)nc45)cc2n1)CCCO3. The summed E-state index contributed by atoms with van der Waals surface area (Å²) in [5, 5.41) is 14.0. The highest BCUT2D eigenvalue weighted by atomic mass is 32.1. The van der Waals surface area contributed by atoms with E-state index in [1.165, 1.54) is 6.07 Å². The molecule has 0 amide bonds. The molecule has 4 aromatic rings. The molecule has 0 saturated carbocycles. The molecule has 3 aliphatic rings. The maximum absolute atomic E-state index is 14.7. The Labute approximate surface area is 247 Å². The number of likely N-dealkylation sites (N-methyl/N-ethyl adjacent to an activating group) is 1. The average molecular weight is 589 g/mol. The molecule has 10 nitrogen and oxygen atoms in total. The summed E-state index contributed by atoms with van der Waals surface area (Å²) >= 11 is 1.15. The molecule has 3 N–H and O–H groups in total. The van der Waals surface area contributed by atoms with Crippen LogP contribution in [0.2, 0.25) is 0 Å². The van der Waals surface area contributed by atoms with Crippen LogP contribution in [0.1, 0.15) is 31.2 Å². The second kappa shape index (κ2) is 11.1. The largest absolute Gasteiger partial charge is 0.492 e. The van der Waals surface area contributed by atoms with Gasteiger partial charge < -0.3 is 30.3 Å². The normalized spacial score (nSPS) is 20.9. The summed E-state index contributed by atoms with van der Waals surface area (Å²) in [5.74, 6) is 1.17. The summed E-state index contributed by atoms with van der Waals surface area (Å²) in [5.41, 5.74) is 10.0. The fraction of sp³-hybridized carbons (Fsp3) is 0.467. The number of hydrogen-bond acceptors (Lipinski definition) is 11. The first-order valence-electron chi connectivity index (χ1n) is 14.5. The fourth-order valence-corrected chi connectivity index (χ4v) is 7.23. The molecule has 0 aliphatic carbocycles. The van der Waals surface area contributed by atoms with Crippen molar-refractivity contribution in [2.45, 2.75) is 44.2 Å². The molecule has 0 unspecified atom stereocenters. The van der Waals surface area contributed by atoms with Gasteiger partial charge in [0.1, 0.15) is 24.0 Å². The molecular weight excluding hydrogens is 555 g/mol. The smallest absolute Gasteiger partial charge is 0.319 e. The summed E-state index contributed by atoms with van der Waals surface area (Å²) in [6.07, 6.45) is 4.29. The molecule has 12 heteroatoms. The van der Waals surface area contributed by atoms with Gasteiger partial charge in [0.25, 0.3) is 0 Å². The summed E-state index contributed by atoms with van der Waals surface area (Å²) in [6.45, 7) is 4.24. The minimum absolute atomic E-state index is 0.0314. The van der Waals surface area contributed by atoms with E-state index in [1.54, 1.807) is 6.07 Å². The van der Waals surface area contributed by atoms with Crippen LogP contribution in [0.25, 0.3) is 32.2 Å². The molecule has 218 valence electrons. The Morgan fingerprint density at radius 2 is 2.14 bits per heavy atom. The molecule has 42 heavy (non-hydrogen) atoms. The zero-order valence-electron chi connectivity index (χ0n) is 23.5. The van der Waals surface area contributed by atoms with Crippen LogP contribution in [0.3, 0.4) is 0 Å². The zero-order valence-corrected chi connectivity index (χ0v) is 24.3. The fourth-order valence-electron chi connectivity index (χ4n) is 6.46. The van der Waals surface area contributed by atoms with Gasteiger partial charge in [-0.05, 0) is 63.0 Å². The quantitative estimate of drug-likeness (QED) is 0.340. The van der Waals surface area contributed by atoms with Gasteiger partial charge in [0, 0.05) is 42.8 Å². The van der Waals surface area contributed by atoms with Gasteiger partial charge in [-0.3, -0.25) is 0 Å². The molecule has 3 aliphatic heterocycles. The lowest BCUT2D eigenvalue weighted by Crippen LogP contribution is -2.51. The summed E-state index contributed by atoms with van der Waals surface area (Å²) in [6, 6.07) is 8.24. The number of rotatable bonds is 6. The number of nitrogens with one attached hydrogen (secondary N) is 1. The first kappa shape index (κ1) is 27.1. The zero-order chi connectivity index (χ0) is 28.8. The van der Waals surface area contributed by atoms with Crippen molar-refractivity contribution in [3.05, 3.63) is 29.6 Å². The van der Waals surface area contributed by atoms with Crippen molar-refractivity contribution in [3.63, 3.8) is 0 Å². The Morgan fingerprint density at radius 3 is 2.98 bits per heavy atom. The number of ether oxygens (including phenoxy) is 2. The number of nitrogen functional groups attached to an aromatic ring is 1. The van der Waals surface area contributed by atoms with E-state index in [0.29, 0.717) is 59.1 Å².